The lowest BCUT2D eigenvalue weighted by atomic mass is 10.2. The van der Waals surface area contributed by atoms with Crippen LogP contribution in [-0.4, -0.2) is 16.7 Å². The van der Waals surface area contributed by atoms with E-state index in [1.165, 1.54) is 0 Å². The Kier molecular flexibility index (Phi) is 2.07. The Hall–Kier alpha value is -0.540. The standard InChI is InChI=1S/C8H6BrClN2/c9-6-2-1-5-12-7(6)3-4-11-8(12)10/h1-5,8H. The van der Waals surface area contributed by atoms with E-state index in [1.807, 2.05) is 29.3 Å². The summed E-state index contributed by atoms with van der Waals surface area (Å²) < 4.78 is 1.03. The monoisotopic (exact) mass is 244 g/mol. The number of halogens is 2. The molecule has 0 radical (unpaired) electrons. The van der Waals surface area contributed by atoms with Crippen LogP contribution in [0.4, 0.5) is 0 Å². The second kappa shape index (κ2) is 3.07. The summed E-state index contributed by atoms with van der Waals surface area (Å²) in [5.41, 5.74) is 0.731. The summed E-state index contributed by atoms with van der Waals surface area (Å²) >= 11 is 9.38. The molecule has 2 heterocycles. The molecule has 2 aliphatic heterocycles. The van der Waals surface area contributed by atoms with Crippen molar-refractivity contribution in [1.82, 2.24) is 4.90 Å². The third-order valence-corrected chi connectivity index (χ3v) is 2.68. The van der Waals surface area contributed by atoms with E-state index >= 15 is 0 Å². The van der Waals surface area contributed by atoms with Gasteiger partial charge in [0.05, 0.1) is 5.70 Å². The van der Waals surface area contributed by atoms with E-state index in [2.05, 4.69) is 20.9 Å². The van der Waals surface area contributed by atoms with Crippen molar-refractivity contribution in [2.45, 2.75) is 5.62 Å². The zero-order valence-corrected chi connectivity index (χ0v) is 8.46. The fourth-order valence-corrected chi connectivity index (χ4v) is 1.84. The van der Waals surface area contributed by atoms with Gasteiger partial charge in [0.2, 0.25) is 5.62 Å². The minimum atomic E-state index is -0.317. The van der Waals surface area contributed by atoms with Gasteiger partial charge in [-0.3, -0.25) is 4.99 Å². The fraction of sp³-hybridized carbons (Fsp3) is 0.125. The lowest BCUT2D eigenvalue weighted by Crippen LogP contribution is -2.27. The number of alkyl halides is 1. The van der Waals surface area contributed by atoms with Gasteiger partial charge in [-0.25, -0.2) is 0 Å². The summed E-state index contributed by atoms with van der Waals surface area (Å²) in [7, 11) is 0. The van der Waals surface area contributed by atoms with Crippen LogP contribution in [0.25, 0.3) is 0 Å². The van der Waals surface area contributed by atoms with Gasteiger partial charge in [0.25, 0.3) is 0 Å². The summed E-state index contributed by atoms with van der Waals surface area (Å²) in [6.07, 6.45) is 9.45. The number of rotatable bonds is 0. The molecule has 0 aromatic carbocycles. The highest BCUT2D eigenvalue weighted by atomic mass is 79.9. The molecule has 0 N–H and O–H groups in total. The second-order valence-corrected chi connectivity index (χ2v) is 3.67. The van der Waals surface area contributed by atoms with Gasteiger partial charge >= 0.3 is 0 Å². The maximum Gasteiger partial charge on any atom is 0.201 e. The Bertz CT molecular complexity index is 317. The number of nitrogens with zero attached hydrogens (tertiary/aromatic N) is 2. The second-order valence-electron chi connectivity index (χ2n) is 2.42. The molecule has 0 amide bonds. The highest BCUT2D eigenvalue weighted by Crippen LogP contribution is 2.30. The van der Waals surface area contributed by atoms with Gasteiger partial charge in [-0.1, -0.05) is 11.6 Å². The first-order valence-electron chi connectivity index (χ1n) is 3.49. The maximum absolute atomic E-state index is 5.94. The number of aliphatic imine (C=N–C) groups is 1. The van der Waals surface area contributed by atoms with E-state index in [-0.39, 0.29) is 5.62 Å². The topological polar surface area (TPSA) is 15.6 Å². The summed E-state index contributed by atoms with van der Waals surface area (Å²) in [5, 5.41) is 0. The van der Waals surface area contributed by atoms with Gasteiger partial charge in [-0.05, 0) is 34.2 Å². The molecule has 0 saturated carbocycles. The zero-order valence-electron chi connectivity index (χ0n) is 6.11. The van der Waals surface area contributed by atoms with Gasteiger partial charge in [0, 0.05) is 16.9 Å². The minimum Gasteiger partial charge on any atom is -0.312 e. The van der Waals surface area contributed by atoms with Gasteiger partial charge in [0.15, 0.2) is 0 Å². The Balaban J connectivity index is 2.41. The Morgan fingerprint density at radius 1 is 1.50 bits per heavy atom. The van der Waals surface area contributed by atoms with Crippen LogP contribution in [-0.2, 0) is 0 Å². The number of hydrogen-bond donors (Lipinski definition) is 0. The van der Waals surface area contributed by atoms with Crippen molar-refractivity contribution in [3.05, 3.63) is 34.6 Å². The van der Waals surface area contributed by atoms with Gasteiger partial charge < -0.3 is 4.90 Å². The zero-order chi connectivity index (χ0) is 8.55. The van der Waals surface area contributed by atoms with E-state index in [1.54, 1.807) is 6.21 Å². The smallest absolute Gasteiger partial charge is 0.201 e. The molecule has 0 fully saturated rings. The molecule has 4 heteroatoms. The van der Waals surface area contributed by atoms with E-state index < -0.39 is 0 Å². The first kappa shape index (κ1) is 8.08. The molecule has 12 heavy (non-hydrogen) atoms. The molecule has 0 aliphatic carbocycles. The number of allylic oxidation sites excluding steroid dienone is 4. The quantitative estimate of drug-likeness (QED) is 0.473. The number of hydrogen-bond acceptors (Lipinski definition) is 2. The Labute approximate surface area is 84.0 Å². The average Bonchev–Trinajstić information content (AvgIpc) is 2.07. The summed E-state index contributed by atoms with van der Waals surface area (Å²) in [4.78, 5) is 5.93. The molecule has 2 nitrogen and oxygen atoms in total. The molecule has 1 unspecified atom stereocenters. The molecule has 2 aliphatic rings. The highest BCUT2D eigenvalue weighted by Gasteiger charge is 2.20. The Morgan fingerprint density at radius 3 is 3.08 bits per heavy atom. The third-order valence-electron chi connectivity index (χ3n) is 1.68. The van der Waals surface area contributed by atoms with Crippen LogP contribution in [0.3, 0.4) is 0 Å². The van der Waals surface area contributed by atoms with E-state index in [0.29, 0.717) is 0 Å². The van der Waals surface area contributed by atoms with E-state index in [9.17, 15) is 0 Å². The fourth-order valence-electron chi connectivity index (χ4n) is 1.12. The van der Waals surface area contributed by atoms with Crippen molar-refractivity contribution in [2.75, 3.05) is 0 Å². The normalized spacial score (nSPS) is 26.5. The van der Waals surface area contributed by atoms with Crippen LogP contribution in [0.1, 0.15) is 0 Å². The van der Waals surface area contributed by atoms with Crippen LogP contribution in [0.5, 0.6) is 0 Å². The SMILES string of the molecule is ClC1N=CC=C2C(Br)=CC=CN21. The predicted octanol–water partition coefficient (Wildman–Crippen LogP) is 2.59. The molecule has 1 atom stereocenters. The van der Waals surface area contributed by atoms with Crippen LogP contribution in [0.2, 0.25) is 0 Å². The van der Waals surface area contributed by atoms with E-state index in [0.717, 1.165) is 10.2 Å². The molecule has 0 spiro atoms. The average molecular weight is 246 g/mol. The van der Waals surface area contributed by atoms with Crippen molar-refractivity contribution in [2.24, 2.45) is 4.99 Å². The van der Waals surface area contributed by atoms with Crippen LogP contribution in [0, 0.1) is 0 Å². The molecule has 0 aromatic rings. The number of fused-ring (bicyclic) bond motifs is 1. The maximum atomic E-state index is 5.94. The molecular formula is C8H6BrClN2. The first-order chi connectivity index (χ1) is 5.79. The minimum absolute atomic E-state index is 0.317. The van der Waals surface area contributed by atoms with Crippen molar-refractivity contribution in [3.8, 4) is 0 Å². The molecule has 0 bridgehead atoms. The molecular weight excluding hydrogens is 239 g/mol. The predicted molar refractivity (Wildman–Crippen MR) is 54.2 cm³/mol. The molecule has 2 rings (SSSR count). The van der Waals surface area contributed by atoms with Gasteiger partial charge in [0.1, 0.15) is 0 Å². The van der Waals surface area contributed by atoms with Crippen molar-refractivity contribution in [3.63, 3.8) is 0 Å². The van der Waals surface area contributed by atoms with Crippen LogP contribution < -0.4 is 0 Å². The molecule has 0 saturated heterocycles. The molecule has 0 aromatic heterocycles. The lowest BCUT2D eigenvalue weighted by molar-refractivity contribution is 0.444. The van der Waals surface area contributed by atoms with Crippen molar-refractivity contribution < 1.29 is 0 Å². The summed E-state index contributed by atoms with van der Waals surface area (Å²) in [6, 6.07) is 0. The van der Waals surface area contributed by atoms with Crippen LogP contribution in [0.15, 0.2) is 39.6 Å². The summed E-state index contributed by atoms with van der Waals surface area (Å²) in [6.45, 7) is 0. The third kappa shape index (κ3) is 1.23. The molecule has 62 valence electrons. The van der Waals surface area contributed by atoms with Crippen molar-refractivity contribution >= 4 is 33.7 Å². The highest BCUT2D eigenvalue weighted by molar-refractivity contribution is 9.12. The van der Waals surface area contributed by atoms with Gasteiger partial charge in [-0.15, -0.1) is 0 Å². The first-order valence-corrected chi connectivity index (χ1v) is 4.72. The Morgan fingerprint density at radius 2 is 2.33 bits per heavy atom. The van der Waals surface area contributed by atoms with Crippen LogP contribution >= 0.6 is 27.5 Å². The lowest BCUT2D eigenvalue weighted by Gasteiger charge is -2.29. The van der Waals surface area contributed by atoms with E-state index in [4.69, 9.17) is 11.6 Å². The largest absolute Gasteiger partial charge is 0.312 e. The van der Waals surface area contributed by atoms with Gasteiger partial charge in [-0.2, -0.15) is 0 Å². The summed E-state index contributed by atoms with van der Waals surface area (Å²) in [5.74, 6) is 0. The van der Waals surface area contributed by atoms with Crippen molar-refractivity contribution in [1.29, 1.82) is 0 Å².